The Balaban J connectivity index is 1.57. The fraction of sp³-hybridized carbons (Fsp3) is 0.562. The second kappa shape index (κ2) is 6.54. The van der Waals surface area contributed by atoms with Crippen LogP contribution < -0.4 is 19.7 Å². The van der Waals surface area contributed by atoms with Crippen molar-refractivity contribution in [2.24, 2.45) is 0 Å². The zero-order valence-corrected chi connectivity index (χ0v) is 13.1. The molecule has 0 spiro atoms. The van der Waals surface area contributed by atoms with Crippen LogP contribution in [0.1, 0.15) is 13.8 Å². The predicted octanol–water partition coefficient (Wildman–Crippen LogP) is 0.0884. The molecular formula is C16H23N2O4+. The third-order valence-electron chi connectivity index (χ3n) is 3.85. The summed E-state index contributed by atoms with van der Waals surface area (Å²) in [6.07, 6.45) is 0.390. The van der Waals surface area contributed by atoms with Crippen LogP contribution in [0.4, 0.5) is 5.69 Å². The number of benzene rings is 1. The molecule has 6 heteroatoms. The first-order valence-electron chi connectivity index (χ1n) is 7.78. The Hall–Kier alpha value is -1.79. The first kappa shape index (κ1) is 15.1. The molecule has 6 nitrogen and oxygen atoms in total. The summed E-state index contributed by atoms with van der Waals surface area (Å²) < 4.78 is 16.7. The van der Waals surface area contributed by atoms with Gasteiger partial charge in [0, 0.05) is 11.8 Å². The lowest BCUT2D eigenvalue weighted by Crippen LogP contribution is -3.16. The maximum Gasteiger partial charge on any atom is 0.279 e. The van der Waals surface area contributed by atoms with Crippen molar-refractivity contribution < 1.29 is 23.9 Å². The van der Waals surface area contributed by atoms with Gasteiger partial charge in [-0.1, -0.05) is 0 Å². The van der Waals surface area contributed by atoms with Gasteiger partial charge in [0.15, 0.2) is 18.0 Å². The molecule has 2 aliphatic heterocycles. The van der Waals surface area contributed by atoms with Gasteiger partial charge in [0.05, 0.1) is 0 Å². The Bertz CT molecular complexity index is 539. The molecule has 0 aromatic heterocycles. The van der Waals surface area contributed by atoms with Crippen LogP contribution in [0.2, 0.25) is 0 Å². The maximum atomic E-state index is 12.2. The predicted molar refractivity (Wildman–Crippen MR) is 81.6 cm³/mol. The highest BCUT2D eigenvalue weighted by atomic mass is 16.6. The van der Waals surface area contributed by atoms with Crippen LogP contribution in [0, 0.1) is 0 Å². The highest BCUT2D eigenvalue weighted by Gasteiger charge is 2.27. The van der Waals surface area contributed by atoms with Gasteiger partial charge in [-0.15, -0.1) is 0 Å². The molecule has 0 aliphatic carbocycles. The van der Waals surface area contributed by atoms with Crippen molar-refractivity contribution in [2.45, 2.75) is 26.1 Å². The Kier molecular flexibility index (Phi) is 4.49. The van der Waals surface area contributed by atoms with Gasteiger partial charge in [-0.25, -0.2) is 0 Å². The minimum atomic E-state index is 0.00739. The zero-order valence-electron chi connectivity index (χ0n) is 13.1. The van der Waals surface area contributed by atoms with Gasteiger partial charge in [0.25, 0.3) is 5.91 Å². The first-order chi connectivity index (χ1) is 10.6. The van der Waals surface area contributed by atoms with E-state index in [4.69, 9.17) is 14.2 Å². The van der Waals surface area contributed by atoms with Crippen LogP contribution in [0.5, 0.6) is 11.5 Å². The number of nitrogens with one attached hydrogen (secondary N) is 2. The molecule has 2 atom stereocenters. The molecule has 0 bridgehead atoms. The summed E-state index contributed by atoms with van der Waals surface area (Å²) in [7, 11) is 0. The molecule has 2 aliphatic rings. The summed E-state index contributed by atoms with van der Waals surface area (Å²) in [5, 5.41) is 2.93. The number of fused-ring (bicyclic) bond motifs is 1. The molecule has 22 heavy (non-hydrogen) atoms. The molecule has 1 saturated heterocycles. The lowest BCUT2D eigenvalue weighted by Gasteiger charge is -2.31. The van der Waals surface area contributed by atoms with Crippen molar-refractivity contribution in [2.75, 3.05) is 38.2 Å². The highest BCUT2D eigenvalue weighted by molar-refractivity contribution is 5.91. The minimum absolute atomic E-state index is 0.00739. The quantitative estimate of drug-likeness (QED) is 0.831. The lowest BCUT2D eigenvalue weighted by molar-refractivity contribution is -0.907. The summed E-state index contributed by atoms with van der Waals surface area (Å²) in [5.74, 6) is 1.42. The number of carbonyl (C=O) groups excluding carboxylic acids is 1. The molecule has 3 rings (SSSR count). The van der Waals surface area contributed by atoms with Crippen LogP contribution in [-0.2, 0) is 9.53 Å². The van der Waals surface area contributed by atoms with E-state index in [1.54, 1.807) is 0 Å². The van der Waals surface area contributed by atoms with Crippen molar-refractivity contribution >= 4 is 11.6 Å². The van der Waals surface area contributed by atoms with Crippen LogP contribution in [-0.4, -0.2) is 51.0 Å². The number of amides is 1. The first-order valence-corrected chi connectivity index (χ1v) is 7.78. The number of hydrogen-bond acceptors (Lipinski definition) is 4. The second-order valence-corrected chi connectivity index (χ2v) is 6.00. The topological polar surface area (TPSA) is 61.2 Å². The fourth-order valence-electron chi connectivity index (χ4n) is 3.09. The molecule has 0 radical (unpaired) electrons. The minimum Gasteiger partial charge on any atom is -0.486 e. The van der Waals surface area contributed by atoms with Gasteiger partial charge < -0.3 is 24.4 Å². The van der Waals surface area contributed by atoms with Gasteiger partial charge in [-0.2, -0.15) is 0 Å². The highest BCUT2D eigenvalue weighted by Crippen LogP contribution is 2.32. The Morgan fingerprint density at radius 3 is 2.59 bits per heavy atom. The molecule has 2 N–H and O–H groups in total. The largest absolute Gasteiger partial charge is 0.486 e. The Morgan fingerprint density at radius 2 is 1.86 bits per heavy atom. The lowest BCUT2D eigenvalue weighted by atomic mass is 10.2. The molecule has 120 valence electrons. The van der Waals surface area contributed by atoms with Crippen LogP contribution >= 0.6 is 0 Å². The van der Waals surface area contributed by atoms with E-state index in [0.717, 1.165) is 24.5 Å². The van der Waals surface area contributed by atoms with Gasteiger partial charge >= 0.3 is 0 Å². The molecule has 1 amide bonds. The summed E-state index contributed by atoms with van der Waals surface area (Å²) in [6.45, 7) is 7.38. The van der Waals surface area contributed by atoms with Gasteiger partial charge in [-0.05, 0) is 26.0 Å². The summed E-state index contributed by atoms with van der Waals surface area (Å²) in [4.78, 5) is 13.5. The van der Waals surface area contributed by atoms with E-state index >= 15 is 0 Å². The number of hydrogen-bond donors (Lipinski definition) is 2. The number of ether oxygens (including phenoxy) is 3. The van der Waals surface area contributed by atoms with Crippen LogP contribution in [0.15, 0.2) is 18.2 Å². The number of rotatable bonds is 3. The fourth-order valence-corrected chi connectivity index (χ4v) is 3.09. The summed E-state index contributed by atoms with van der Waals surface area (Å²) in [6, 6.07) is 5.48. The summed E-state index contributed by atoms with van der Waals surface area (Å²) >= 11 is 0. The average Bonchev–Trinajstić information content (AvgIpc) is 2.45. The molecule has 0 unspecified atom stereocenters. The second-order valence-electron chi connectivity index (χ2n) is 6.00. The molecule has 0 saturated carbocycles. The standard InChI is InChI=1S/C16H22N2O4/c1-11-8-18(9-12(2)22-11)10-16(19)17-13-3-4-14-15(7-13)21-6-5-20-14/h3-4,7,11-12H,5-6,8-10H2,1-2H3,(H,17,19)/p+1/t11-,12-/m1/s1. The van der Waals surface area contributed by atoms with Crippen molar-refractivity contribution in [3.8, 4) is 11.5 Å². The van der Waals surface area contributed by atoms with E-state index in [0.29, 0.717) is 25.5 Å². The monoisotopic (exact) mass is 307 g/mol. The van der Waals surface area contributed by atoms with Gasteiger partial charge in [-0.3, -0.25) is 4.79 Å². The van der Waals surface area contributed by atoms with Gasteiger partial charge in [0.2, 0.25) is 0 Å². The van der Waals surface area contributed by atoms with Crippen molar-refractivity contribution in [1.82, 2.24) is 0 Å². The Morgan fingerprint density at radius 1 is 1.18 bits per heavy atom. The number of carbonyl (C=O) groups is 1. The third-order valence-corrected chi connectivity index (χ3v) is 3.85. The number of morpholine rings is 1. The van der Waals surface area contributed by atoms with Crippen molar-refractivity contribution in [3.63, 3.8) is 0 Å². The number of anilines is 1. The summed E-state index contributed by atoms with van der Waals surface area (Å²) in [5.41, 5.74) is 0.739. The smallest absolute Gasteiger partial charge is 0.279 e. The molecule has 2 heterocycles. The number of quaternary nitrogens is 1. The Labute approximate surface area is 130 Å². The van der Waals surface area contributed by atoms with E-state index in [9.17, 15) is 4.79 Å². The van der Waals surface area contributed by atoms with E-state index in [2.05, 4.69) is 5.32 Å². The average molecular weight is 307 g/mol. The van der Waals surface area contributed by atoms with Gasteiger partial charge in [0.1, 0.15) is 38.5 Å². The third kappa shape index (κ3) is 3.69. The molecule has 1 fully saturated rings. The maximum absolute atomic E-state index is 12.2. The van der Waals surface area contributed by atoms with Crippen molar-refractivity contribution in [1.29, 1.82) is 0 Å². The van der Waals surface area contributed by atoms with E-state index in [-0.39, 0.29) is 18.1 Å². The normalized spacial score (nSPS) is 27.3. The molecule has 1 aromatic carbocycles. The molecule has 1 aromatic rings. The van der Waals surface area contributed by atoms with Crippen LogP contribution in [0.3, 0.4) is 0 Å². The van der Waals surface area contributed by atoms with E-state index < -0.39 is 0 Å². The van der Waals surface area contributed by atoms with E-state index in [1.165, 1.54) is 4.90 Å². The van der Waals surface area contributed by atoms with E-state index in [1.807, 2.05) is 32.0 Å². The zero-order chi connectivity index (χ0) is 15.5. The SMILES string of the molecule is C[C@@H]1C[NH+](CC(=O)Nc2ccc3c(c2)OCCO3)C[C@@H](C)O1. The van der Waals surface area contributed by atoms with Crippen LogP contribution in [0.25, 0.3) is 0 Å². The molecular weight excluding hydrogens is 284 g/mol. The van der Waals surface area contributed by atoms with Crippen molar-refractivity contribution in [3.05, 3.63) is 18.2 Å².